The molecule has 0 saturated carbocycles. The standard InChI is InChI=1S/C31H18N8S/c32-13-21-22(17-7-2-1-3-8-17)15-39(30(21)33)38-23-12-6-11-19-18-9-4-5-10-20(18)26-27-28-24(14-34-16-35-28)40-31(27)37-36-29(26)25(19)23/h1-12,14-16,38H,33H2. The summed E-state index contributed by atoms with van der Waals surface area (Å²) >= 11 is 1.54. The minimum absolute atomic E-state index is 0.331. The summed E-state index contributed by atoms with van der Waals surface area (Å²) in [6.45, 7) is 0. The van der Waals surface area contributed by atoms with Gasteiger partial charge in [-0.3, -0.25) is 5.43 Å². The molecular weight excluding hydrogens is 516 g/mol. The molecule has 8 nitrogen and oxygen atoms in total. The van der Waals surface area contributed by atoms with Gasteiger partial charge in [0.25, 0.3) is 0 Å². The Morgan fingerprint density at radius 3 is 2.45 bits per heavy atom. The van der Waals surface area contributed by atoms with E-state index in [1.807, 2.05) is 67.0 Å². The molecule has 0 amide bonds. The topological polar surface area (TPSA) is 118 Å². The maximum atomic E-state index is 9.94. The molecule has 0 aliphatic carbocycles. The van der Waals surface area contributed by atoms with E-state index >= 15 is 0 Å². The summed E-state index contributed by atoms with van der Waals surface area (Å²) in [6, 6.07) is 26.5. The summed E-state index contributed by atoms with van der Waals surface area (Å²) in [5.74, 6) is 0.331. The molecule has 0 radical (unpaired) electrons. The second-order valence-electron chi connectivity index (χ2n) is 9.48. The van der Waals surface area contributed by atoms with E-state index in [1.54, 1.807) is 11.0 Å². The Morgan fingerprint density at radius 2 is 1.60 bits per heavy atom. The Labute approximate surface area is 230 Å². The maximum absolute atomic E-state index is 9.94. The first-order valence-electron chi connectivity index (χ1n) is 12.6. The molecule has 188 valence electrons. The molecule has 4 heterocycles. The number of benzene rings is 4. The lowest BCUT2D eigenvalue weighted by Crippen LogP contribution is -2.11. The van der Waals surface area contributed by atoms with Gasteiger partial charge in [0.05, 0.1) is 15.9 Å². The van der Waals surface area contributed by atoms with E-state index in [4.69, 9.17) is 10.8 Å². The second kappa shape index (κ2) is 8.46. The van der Waals surface area contributed by atoms with Crippen molar-refractivity contribution in [2.75, 3.05) is 11.2 Å². The first kappa shape index (κ1) is 22.4. The third-order valence-electron chi connectivity index (χ3n) is 7.33. The number of nitrogens with two attached hydrogens (primary N) is 1. The second-order valence-corrected chi connectivity index (χ2v) is 10.5. The Hall–Kier alpha value is -5.59. The van der Waals surface area contributed by atoms with Crippen LogP contribution in [-0.2, 0) is 0 Å². The van der Waals surface area contributed by atoms with Crippen LogP contribution in [0.2, 0.25) is 0 Å². The summed E-state index contributed by atoms with van der Waals surface area (Å²) in [7, 11) is 0. The van der Waals surface area contributed by atoms with Crippen LogP contribution in [0, 0.1) is 11.3 Å². The first-order chi connectivity index (χ1) is 19.7. The average molecular weight is 535 g/mol. The van der Waals surface area contributed by atoms with Crippen molar-refractivity contribution in [3.8, 4) is 17.2 Å². The van der Waals surface area contributed by atoms with E-state index in [9.17, 15) is 5.26 Å². The van der Waals surface area contributed by atoms with Gasteiger partial charge in [-0.1, -0.05) is 66.7 Å². The van der Waals surface area contributed by atoms with E-state index in [2.05, 4.69) is 44.8 Å². The maximum Gasteiger partial charge on any atom is 0.149 e. The zero-order valence-corrected chi connectivity index (χ0v) is 21.6. The lowest BCUT2D eigenvalue weighted by molar-refractivity contribution is 0.987. The molecule has 4 aromatic carbocycles. The van der Waals surface area contributed by atoms with Gasteiger partial charge in [0.2, 0.25) is 0 Å². The van der Waals surface area contributed by atoms with Crippen molar-refractivity contribution in [3.05, 3.63) is 97.1 Å². The minimum Gasteiger partial charge on any atom is -0.383 e. The van der Waals surface area contributed by atoms with Gasteiger partial charge in [-0.15, -0.1) is 21.5 Å². The van der Waals surface area contributed by atoms with Gasteiger partial charge in [-0.2, -0.15) is 5.26 Å². The number of anilines is 2. The van der Waals surface area contributed by atoms with Crippen LogP contribution >= 0.6 is 11.3 Å². The number of rotatable bonds is 3. The smallest absolute Gasteiger partial charge is 0.149 e. The fraction of sp³-hybridized carbons (Fsp3) is 0. The zero-order chi connectivity index (χ0) is 26.8. The van der Waals surface area contributed by atoms with Crippen LogP contribution in [0.5, 0.6) is 0 Å². The number of thiophene rings is 1. The van der Waals surface area contributed by atoms with Crippen molar-refractivity contribution < 1.29 is 0 Å². The van der Waals surface area contributed by atoms with Crippen molar-refractivity contribution in [1.29, 1.82) is 5.26 Å². The number of nitrogen functional groups attached to an aromatic ring is 1. The molecule has 9 heteroatoms. The van der Waals surface area contributed by atoms with E-state index in [0.717, 1.165) is 69.7 Å². The van der Waals surface area contributed by atoms with Crippen LogP contribution in [0.1, 0.15) is 5.56 Å². The van der Waals surface area contributed by atoms with Crippen LogP contribution < -0.4 is 11.2 Å². The molecule has 40 heavy (non-hydrogen) atoms. The fourth-order valence-corrected chi connectivity index (χ4v) is 6.55. The van der Waals surface area contributed by atoms with Crippen molar-refractivity contribution in [1.82, 2.24) is 24.8 Å². The van der Waals surface area contributed by atoms with E-state index < -0.39 is 0 Å². The SMILES string of the molecule is N#Cc1c(-c2ccccc2)cn(Nc2cccc3c4ccccc4c4c(nnc5sc6cncnc6c54)c23)c1N. The van der Waals surface area contributed by atoms with Gasteiger partial charge in [-0.25, -0.2) is 14.6 Å². The number of nitrogens with zero attached hydrogens (tertiary/aromatic N) is 6. The van der Waals surface area contributed by atoms with Crippen LogP contribution in [-0.4, -0.2) is 24.8 Å². The Bertz CT molecular complexity index is 2330. The molecule has 0 spiro atoms. The van der Waals surface area contributed by atoms with Crippen LogP contribution in [0.4, 0.5) is 11.5 Å². The highest BCUT2D eigenvalue weighted by Crippen LogP contribution is 2.43. The highest BCUT2D eigenvalue weighted by molar-refractivity contribution is 7.25. The number of hydrogen-bond donors (Lipinski definition) is 2. The van der Waals surface area contributed by atoms with Gasteiger partial charge < -0.3 is 5.73 Å². The summed E-state index contributed by atoms with van der Waals surface area (Å²) in [6.07, 6.45) is 5.25. The number of aromatic nitrogens is 5. The Balaban J connectivity index is 1.45. The normalized spacial score (nSPS) is 11.6. The molecule has 0 saturated heterocycles. The summed E-state index contributed by atoms with van der Waals surface area (Å²) in [4.78, 5) is 9.65. The molecule has 8 rings (SSSR count). The molecule has 0 atom stereocenters. The van der Waals surface area contributed by atoms with Gasteiger partial charge in [0.1, 0.15) is 34.1 Å². The monoisotopic (exact) mass is 534 g/mol. The third kappa shape index (κ3) is 3.11. The average Bonchev–Trinajstić information content (AvgIpc) is 3.54. The molecule has 8 aromatic rings. The van der Waals surface area contributed by atoms with E-state index in [1.165, 1.54) is 11.3 Å². The fourth-order valence-electron chi connectivity index (χ4n) is 5.59. The molecule has 0 aliphatic heterocycles. The zero-order valence-electron chi connectivity index (χ0n) is 20.8. The summed E-state index contributed by atoms with van der Waals surface area (Å²) in [5.41, 5.74) is 14.5. The first-order valence-corrected chi connectivity index (χ1v) is 13.4. The quantitative estimate of drug-likeness (QED) is 0.237. The molecule has 0 aliphatic rings. The van der Waals surface area contributed by atoms with Crippen molar-refractivity contribution >= 4 is 75.7 Å². The highest BCUT2D eigenvalue weighted by atomic mass is 32.1. The number of fused-ring (bicyclic) bond motifs is 10. The largest absolute Gasteiger partial charge is 0.383 e. The van der Waals surface area contributed by atoms with Crippen LogP contribution in [0.3, 0.4) is 0 Å². The molecule has 0 unspecified atom stereocenters. The van der Waals surface area contributed by atoms with Crippen molar-refractivity contribution in [3.63, 3.8) is 0 Å². The number of nitriles is 1. The Kier molecular flexibility index (Phi) is 4.74. The van der Waals surface area contributed by atoms with Crippen LogP contribution in [0.25, 0.3) is 64.0 Å². The van der Waals surface area contributed by atoms with Crippen LogP contribution in [0.15, 0.2) is 91.5 Å². The van der Waals surface area contributed by atoms with Gasteiger partial charge in [-0.05, 0) is 27.8 Å². The molecule has 0 bridgehead atoms. The Morgan fingerprint density at radius 1 is 0.825 bits per heavy atom. The minimum atomic E-state index is 0.331. The molecule has 0 fully saturated rings. The van der Waals surface area contributed by atoms with Gasteiger partial charge >= 0.3 is 0 Å². The third-order valence-corrected chi connectivity index (χ3v) is 8.33. The van der Waals surface area contributed by atoms with Crippen molar-refractivity contribution in [2.45, 2.75) is 0 Å². The predicted octanol–water partition coefficient (Wildman–Crippen LogP) is 6.89. The van der Waals surface area contributed by atoms with Gasteiger partial charge in [0, 0.05) is 34.1 Å². The highest BCUT2D eigenvalue weighted by Gasteiger charge is 2.21. The summed E-state index contributed by atoms with van der Waals surface area (Å²) < 4.78 is 2.67. The lowest BCUT2D eigenvalue weighted by Gasteiger charge is -2.16. The van der Waals surface area contributed by atoms with E-state index in [0.29, 0.717) is 11.4 Å². The lowest BCUT2D eigenvalue weighted by atomic mass is 9.95. The number of nitrogens with one attached hydrogen (secondary N) is 1. The van der Waals surface area contributed by atoms with Gasteiger partial charge in [0.15, 0.2) is 0 Å². The van der Waals surface area contributed by atoms with Crippen molar-refractivity contribution in [2.24, 2.45) is 0 Å². The molecular formula is C31H18N8S. The predicted molar refractivity (Wildman–Crippen MR) is 161 cm³/mol. The van der Waals surface area contributed by atoms with E-state index in [-0.39, 0.29) is 0 Å². The summed E-state index contributed by atoms with van der Waals surface area (Å²) in [5, 5.41) is 25.4. The number of hydrogen-bond acceptors (Lipinski definition) is 8. The molecule has 4 aromatic heterocycles. The molecule has 3 N–H and O–H groups in total.